The van der Waals surface area contributed by atoms with Crippen molar-refractivity contribution < 1.29 is 4.79 Å². The molecule has 1 fully saturated rings. The molecule has 0 saturated heterocycles. The van der Waals surface area contributed by atoms with Crippen LogP contribution in [-0.4, -0.2) is 33.9 Å². The molecule has 7 nitrogen and oxygen atoms in total. The lowest BCUT2D eigenvalue weighted by molar-refractivity contribution is 0.101. The van der Waals surface area contributed by atoms with Crippen molar-refractivity contribution in [2.45, 2.75) is 30.1 Å². The number of halogens is 1. The lowest BCUT2D eigenvalue weighted by Gasteiger charge is -2.13. The Balaban J connectivity index is 1.61. The molecule has 0 bridgehead atoms. The van der Waals surface area contributed by atoms with Crippen LogP contribution in [0.4, 0.5) is 11.5 Å². The second kappa shape index (κ2) is 9.15. The van der Waals surface area contributed by atoms with Crippen molar-refractivity contribution in [3.05, 3.63) is 59.0 Å². The number of thioether (sulfide) groups is 1. The molecule has 1 aliphatic carbocycles. The third-order valence-corrected chi connectivity index (χ3v) is 6.45. The summed E-state index contributed by atoms with van der Waals surface area (Å²) in [5.74, 6) is 0.850. The number of aromatic nitrogens is 3. The Labute approximate surface area is 195 Å². The van der Waals surface area contributed by atoms with Crippen molar-refractivity contribution in [2.75, 3.05) is 23.4 Å². The Morgan fingerprint density at radius 1 is 1.22 bits per heavy atom. The summed E-state index contributed by atoms with van der Waals surface area (Å²) in [6.45, 7) is 2.02. The van der Waals surface area contributed by atoms with Gasteiger partial charge in [0.1, 0.15) is 5.69 Å². The van der Waals surface area contributed by atoms with Crippen molar-refractivity contribution in [1.82, 2.24) is 15.2 Å². The molecule has 0 atom stereocenters. The Kier molecular flexibility index (Phi) is 6.31. The predicted molar refractivity (Wildman–Crippen MR) is 127 cm³/mol. The van der Waals surface area contributed by atoms with Gasteiger partial charge in [-0.15, -0.1) is 22.0 Å². The molecule has 0 radical (unpaired) electrons. The lowest BCUT2D eigenvalue weighted by Crippen LogP contribution is -2.16. The molecule has 1 saturated carbocycles. The highest BCUT2D eigenvalue weighted by Gasteiger charge is 2.44. The molecule has 1 aromatic carbocycles. The SMILES string of the molecule is CCSc1cc(-c2ccc(C3(C#N)CC3)cc2)cnc1C(=O)Nc1cc(Cl)nnc1NC. The van der Waals surface area contributed by atoms with Gasteiger partial charge in [-0.1, -0.05) is 42.8 Å². The van der Waals surface area contributed by atoms with Gasteiger partial charge >= 0.3 is 0 Å². The number of carbonyl (C=O) groups is 1. The molecule has 1 aliphatic rings. The van der Waals surface area contributed by atoms with E-state index in [4.69, 9.17) is 11.6 Å². The molecule has 2 heterocycles. The molecule has 1 amide bonds. The third-order valence-electron chi connectivity index (χ3n) is 5.35. The average Bonchev–Trinajstić information content (AvgIpc) is 3.61. The maximum atomic E-state index is 13.0. The number of benzene rings is 1. The average molecular weight is 465 g/mol. The summed E-state index contributed by atoms with van der Waals surface area (Å²) in [5, 5.41) is 23.0. The van der Waals surface area contributed by atoms with E-state index in [1.807, 2.05) is 37.3 Å². The number of pyridine rings is 1. The van der Waals surface area contributed by atoms with Crippen LogP contribution in [0.2, 0.25) is 5.15 Å². The monoisotopic (exact) mass is 464 g/mol. The van der Waals surface area contributed by atoms with E-state index in [0.717, 1.165) is 40.2 Å². The molecule has 2 aromatic heterocycles. The summed E-state index contributed by atoms with van der Waals surface area (Å²) in [6, 6.07) is 14.0. The van der Waals surface area contributed by atoms with Gasteiger partial charge in [0.15, 0.2) is 11.0 Å². The van der Waals surface area contributed by atoms with Gasteiger partial charge in [-0.3, -0.25) is 4.79 Å². The number of nitrogens with one attached hydrogen (secondary N) is 2. The van der Waals surface area contributed by atoms with Crippen LogP contribution in [0, 0.1) is 11.3 Å². The summed E-state index contributed by atoms with van der Waals surface area (Å²) < 4.78 is 0. The van der Waals surface area contributed by atoms with Crippen molar-refractivity contribution in [3.8, 4) is 17.2 Å². The molecular formula is C23H21ClN6OS. The summed E-state index contributed by atoms with van der Waals surface area (Å²) >= 11 is 7.48. The van der Waals surface area contributed by atoms with Crippen LogP contribution in [0.5, 0.6) is 0 Å². The number of anilines is 2. The molecular weight excluding hydrogens is 444 g/mol. The molecule has 0 unspecified atom stereocenters. The standard InChI is InChI=1S/C23H21ClN6OS/c1-3-32-18-10-15(14-4-6-16(7-5-14)23(13-25)8-9-23)12-27-20(18)22(31)28-17-11-19(24)29-30-21(17)26-2/h4-7,10-12H,3,8-9H2,1-2H3,(H,26,30)(H,28,29,31). The zero-order chi connectivity index (χ0) is 22.7. The van der Waals surface area contributed by atoms with Crippen LogP contribution in [0.3, 0.4) is 0 Å². The number of rotatable bonds is 7. The van der Waals surface area contributed by atoms with E-state index < -0.39 is 0 Å². The van der Waals surface area contributed by atoms with Gasteiger partial charge < -0.3 is 10.6 Å². The highest BCUT2D eigenvalue weighted by atomic mass is 35.5. The van der Waals surface area contributed by atoms with E-state index in [1.165, 1.54) is 6.07 Å². The van der Waals surface area contributed by atoms with E-state index in [0.29, 0.717) is 17.2 Å². The van der Waals surface area contributed by atoms with Crippen LogP contribution in [-0.2, 0) is 5.41 Å². The number of hydrogen-bond acceptors (Lipinski definition) is 7. The Bertz CT molecular complexity index is 1200. The van der Waals surface area contributed by atoms with Crippen molar-refractivity contribution in [1.29, 1.82) is 5.26 Å². The highest BCUT2D eigenvalue weighted by molar-refractivity contribution is 7.99. The molecule has 0 aliphatic heterocycles. The number of amides is 1. The number of carbonyl (C=O) groups excluding carboxylic acids is 1. The van der Waals surface area contributed by atoms with E-state index in [2.05, 4.69) is 31.9 Å². The highest BCUT2D eigenvalue weighted by Crippen LogP contribution is 2.47. The van der Waals surface area contributed by atoms with Crippen LogP contribution in [0.15, 0.2) is 47.5 Å². The number of nitrogens with zero attached hydrogens (tertiary/aromatic N) is 4. The van der Waals surface area contributed by atoms with Gasteiger partial charge in [-0.05, 0) is 35.8 Å². The normalized spacial score (nSPS) is 13.8. The van der Waals surface area contributed by atoms with Crippen molar-refractivity contribution >= 4 is 40.8 Å². The summed E-state index contributed by atoms with van der Waals surface area (Å²) in [6.07, 6.45) is 3.52. The predicted octanol–water partition coefficient (Wildman–Crippen LogP) is 5.15. The fourth-order valence-corrected chi connectivity index (χ4v) is 4.39. The fraction of sp³-hybridized carbons (Fsp3) is 0.261. The van der Waals surface area contributed by atoms with Crippen LogP contribution in [0.1, 0.15) is 35.8 Å². The van der Waals surface area contributed by atoms with Gasteiger partial charge in [0.2, 0.25) is 0 Å². The second-order valence-electron chi connectivity index (χ2n) is 7.41. The Morgan fingerprint density at radius 3 is 2.59 bits per heavy atom. The molecule has 162 valence electrons. The molecule has 4 rings (SSSR count). The molecule has 32 heavy (non-hydrogen) atoms. The quantitative estimate of drug-likeness (QED) is 0.466. The second-order valence-corrected chi connectivity index (χ2v) is 9.10. The van der Waals surface area contributed by atoms with Gasteiger partial charge in [0, 0.05) is 29.8 Å². The van der Waals surface area contributed by atoms with Gasteiger partial charge in [-0.25, -0.2) is 4.98 Å². The number of hydrogen-bond donors (Lipinski definition) is 2. The van der Waals surface area contributed by atoms with E-state index >= 15 is 0 Å². The topological polar surface area (TPSA) is 104 Å². The van der Waals surface area contributed by atoms with Crippen LogP contribution < -0.4 is 10.6 Å². The van der Waals surface area contributed by atoms with Crippen LogP contribution in [0.25, 0.3) is 11.1 Å². The minimum absolute atomic E-state index is 0.179. The first kappa shape index (κ1) is 22.1. The molecule has 9 heteroatoms. The van der Waals surface area contributed by atoms with Gasteiger partial charge in [-0.2, -0.15) is 5.26 Å². The smallest absolute Gasteiger partial charge is 0.275 e. The summed E-state index contributed by atoms with van der Waals surface area (Å²) in [4.78, 5) is 18.2. The molecule has 0 spiro atoms. The maximum absolute atomic E-state index is 13.0. The summed E-state index contributed by atoms with van der Waals surface area (Å²) in [7, 11) is 1.69. The third kappa shape index (κ3) is 4.40. The zero-order valence-corrected chi connectivity index (χ0v) is 19.2. The maximum Gasteiger partial charge on any atom is 0.275 e. The Morgan fingerprint density at radius 2 is 1.97 bits per heavy atom. The van der Waals surface area contributed by atoms with Gasteiger partial charge in [0.25, 0.3) is 5.91 Å². The van der Waals surface area contributed by atoms with Crippen molar-refractivity contribution in [3.63, 3.8) is 0 Å². The molecule has 3 aromatic rings. The zero-order valence-electron chi connectivity index (χ0n) is 17.6. The lowest BCUT2D eigenvalue weighted by atomic mass is 9.95. The molecule has 2 N–H and O–H groups in total. The van der Waals surface area contributed by atoms with Crippen LogP contribution >= 0.6 is 23.4 Å². The first-order valence-electron chi connectivity index (χ1n) is 10.2. The first-order chi connectivity index (χ1) is 15.5. The Hall–Kier alpha value is -3.15. The van der Waals surface area contributed by atoms with E-state index in [1.54, 1.807) is 25.0 Å². The fourth-order valence-electron chi connectivity index (χ4n) is 3.44. The minimum Gasteiger partial charge on any atom is -0.370 e. The van der Waals surface area contributed by atoms with Crippen molar-refractivity contribution in [2.24, 2.45) is 0 Å². The van der Waals surface area contributed by atoms with E-state index in [9.17, 15) is 10.1 Å². The number of nitriles is 1. The summed E-state index contributed by atoms with van der Waals surface area (Å²) in [5.41, 5.74) is 3.41. The van der Waals surface area contributed by atoms with E-state index in [-0.39, 0.29) is 16.5 Å². The largest absolute Gasteiger partial charge is 0.370 e. The minimum atomic E-state index is -0.354. The first-order valence-corrected chi connectivity index (χ1v) is 11.5. The van der Waals surface area contributed by atoms with Gasteiger partial charge in [0.05, 0.1) is 17.2 Å².